The van der Waals surface area contributed by atoms with Crippen LogP contribution in [0.15, 0.2) is 4.52 Å². The molecule has 78 valence electrons. The first-order valence-corrected chi connectivity index (χ1v) is 5.01. The summed E-state index contributed by atoms with van der Waals surface area (Å²) in [6.07, 6.45) is 1.45. The fraction of sp³-hybridized carbons (Fsp3) is 0.700. The molecule has 1 aromatic rings. The van der Waals surface area contributed by atoms with Crippen LogP contribution in [0.5, 0.6) is 0 Å². The normalized spacial score (nSPS) is 21.7. The van der Waals surface area contributed by atoms with Gasteiger partial charge in [0.15, 0.2) is 0 Å². The van der Waals surface area contributed by atoms with E-state index in [0.29, 0.717) is 12.7 Å². The van der Waals surface area contributed by atoms with Gasteiger partial charge in [-0.25, -0.2) is 0 Å². The average Bonchev–Trinajstić information content (AvgIpc) is 2.76. The van der Waals surface area contributed by atoms with Gasteiger partial charge in [0.1, 0.15) is 5.76 Å². The molecule has 0 spiro atoms. The molecule has 1 N–H and O–H groups in total. The van der Waals surface area contributed by atoms with Crippen LogP contribution in [0.4, 0.5) is 0 Å². The molecule has 2 rings (SSSR count). The summed E-state index contributed by atoms with van der Waals surface area (Å²) < 4.78 is 10.8. The first kappa shape index (κ1) is 9.68. The molecule has 1 fully saturated rings. The van der Waals surface area contributed by atoms with Crippen LogP contribution in [-0.4, -0.2) is 24.4 Å². The fourth-order valence-corrected chi connectivity index (χ4v) is 1.68. The molecule has 0 unspecified atom stereocenters. The zero-order chi connectivity index (χ0) is 9.97. The van der Waals surface area contributed by atoms with E-state index in [1.807, 2.05) is 13.8 Å². The van der Waals surface area contributed by atoms with Crippen molar-refractivity contribution in [2.75, 3.05) is 13.1 Å². The lowest BCUT2D eigenvalue weighted by atomic mass is 10.2. The van der Waals surface area contributed by atoms with Crippen LogP contribution >= 0.6 is 0 Å². The summed E-state index contributed by atoms with van der Waals surface area (Å²) in [6, 6.07) is 0. The molecule has 0 saturated carbocycles. The van der Waals surface area contributed by atoms with Crippen LogP contribution in [0.1, 0.15) is 23.4 Å². The minimum atomic E-state index is 0.351. The molecule has 0 aliphatic carbocycles. The molecule has 0 radical (unpaired) electrons. The zero-order valence-electron chi connectivity index (χ0n) is 8.67. The minimum absolute atomic E-state index is 0.351. The van der Waals surface area contributed by atoms with E-state index in [4.69, 9.17) is 9.26 Å². The number of rotatable bonds is 3. The van der Waals surface area contributed by atoms with Crippen molar-refractivity contribution in [2.24, 2.45) is 0 Å². The quantitative estimate of drug-likeness (QED) is 0.788. The van der Waals surface area contributed by atoms with Gasteiger partial charge in [-0.1, -0.05) is 5.16 Å². The molecule has 0 bridgehead atoms. The molecule has 2 heterocycles. The van der Waals surface area contributed by atoms with Gasteiger partial charge in [0, 0.05) is 12.1 Å². The summed E-state index contributed by atoms with van der Waals surface area (Å²) in [7, 11) is 0. The third-order valence-electron chi connectivity index (χ3n) is 2.66. The number of hydrogen-bond acceptors (Lipinski definition) is 4. The molecule has 0 amide bonds. The van der Waals surface area contributed by atoms with Crippen molar-refractivity contribution < 1.29 is 9.26 Å². The number of ether oxygens (including phenoxy) is 1. The van der Waals surface area contributed by atoms with Gasteiger partial charge in [-0.2, -0.15) is 0 Å². The highest BCUT2D eigenvalue weighted by Crippen LogP contribution is 2.15. The topological polar surface area (TPSA) is 47.3 Å². The lowest BCUT2D eigenvalue weighted by molar-refractivity contribution is 0.0533. The Morgan fingerprint density at radius 1 is 1.57 bits per heavy atom. The Labute approximate surface area is 83.6 Å². The van der Waals surface area contributed by atoms with Gasteiger partial charge >= 0.3 is 0 Å². The van der Waals surface area contributed by atoms with E-state index in [1.54, 1.807) is 0 Å². The van der Waals surface area contributed by atoms with Gasteiger partial charge in [-0.3, -0.25) is 0 Å². The number of nitrogens with zero attached hydrogens (tertiary/aromatic N) is 1. The van der Waals surface area contributed by atoms with E-state index in [2.05, 4.69) is 10.5 Å². The second-order valence-corrected chi connectivity index (χ2v) is 3.73. The Kier molecular flexibility index (Phi) is 2.84. The molecule has 4 heteroatoms. The summed E-state index contributed by atoms with van der Waals surface area (Å²) in [4.78, 5) is 0. The van der Waals surface area contributed by atoms with E-state index in [0.717, 1.165) is 36.5 Å². The van der Waals surface area contributed by atoms with Crippen LogP contribution in [0.3, 0.4) is 0 Å². The monoisotopic (exact) mass is 196 g/mol. The number of nitrogens with one attached hydrogen (secondary N) is 1. The van der Waals surface area contributed by atoms with Crippen molar-refractivity contribution in [3.63, 3.8) is 0 Å². The predicted molar refractivity (Wildman–Crippen MR) is 52.0 cm³/mol. The highest BCUT2D eigenvalue weighted by molar-refractivity contribution is 5.19. The highest BCUT2D eigenvalue weighted by atomic mass is 16.5. The summed E-state index contributed by atoms with van der Waals surface area (Å²) >= 11 is 0. The maximum atomic E-state index is 5.75. The Bertz CT molecular complexity index is 284. The third kappa shape index (κ3) is 1.96. The third-order valence-corrected chi connectivity index (χ3v) is 2.66. The fourth-order valence-electron chi connectivity index (χ4n) is 1.68. The zero-order valence-corrected chi connectivity index (χ0v) is 8.67. The maximum absolute atomic E-state index is 5.75. The molecule has 1 atom stereocenters. The van der Waals surface area contributed by atoms with Crippen LogP contribution in [0.25, 0.3) is 0 Å². The van der Waals surface area contributed by atoms with Crippen molar-refractivity contribution >= 4 is 0 Å². The average molecular weight is 196 g/mol. The molecule has 1 aliphatic heterocycles. The van der Waals surface area contributed by atoms with Gasteiger partial charge in [0.2, 0.25) is 0 Å². The summed E-state index contributed by atoms with van der Waals surface area (Å²) in [6.45, 7) is 6.51. The molecule has 0 aromatic carbocycles. The number of aromatic nitrogens is 1. The van der Waals surface area contributed by atoms with E-state index in [1.165, 1.54) is 0 Å². The Morgan fingerprint density at radius 3 is 3.00 bits per heavy atom. The Morgan fingerprint density at radius 2 is 2.43 bits per heavy atom. The van der Waals surface area contributed by atoms with Crippen LogP contribution in [0.2, 0.25) is 0 Å². The first-order valence-electron chi connectivity index (χ1n) is 5.01. The Hall–Kier alpha value is -0.870. The lowest BCUT2D eigenvalue weighted by Crippen LogP contribution is -2.16. The van der Waals surface area contributed by atoms with Gasteiger partial charge in [0.05, 0.1) is 18.4 Å². The molecular formula is C10H16N2O2. The van der Waals surface area contributed by atoms with Crippen molar-refractivity contribution in [1.29, 1.82) is 0 Å². The second-order valence-electron chi connectivity index (χ2n) is 3.73. The molecule has 1 aliphatic rings. The predicted octanol–water partition coefficient (Wildman–Crippen LogP) is 1.17. The number of hydrogen-bond donors (Lipinski definition) is 1. The molecular weight excluding hydrogens is 180 g/mol. The highest BCUT2D eigenvalue weighted by Gasteiger charge is 2.16. The van der Waals surface area contributed by atoms with Crippen LogP contribution < -0.4 is 5.32 Å². The van der Waals surface area contributed by atoms with Gasteiger partial charge < -0.3 is 14.6 Å². The van der Waals surface area contributed by atoms with Crippen LogP contribution in [0, 0.1) is 13.8 Å². The molecule has 1 saturated heterocycles. The Balaban J connectivity index is 1.90. The summed E-state index contributed by atoms with van der Waals surface area (Å²) in [5.74, 6) is 0.869. The van der Waals surface area contributed by atoms with Gasteiger partial charge in [-0.15, -0.1) is 0 Å². The molecule has 1 aromatic heterocycles. The SMILES string of the molecule is Cc1noc(C)c1CO[C@@H]1CCNC1. The molecule has 14 heavy (non-hydrogen) atoms. The largest absolute Gasteiger partial charge is 0.372 e. The van der Waals surface area contributed by atoms with Crippen molar-refractivity contribution in [2.45, 2.75) is 33.0 Å². The first-order chi connectivity index (χ1) is 6.77. The standard InChI is InChI=1S/C10H16N2O2/c1-7-10(8(2)14-12-7)6-13-9-3-4-11-5-9/h9,11H,3-6H2,1-2H3/t9-/m1/s1. The van der Waals surface area contributed by atoms with E-state index >= 15 is 0 Å². The minimum Gasteiger partial charge on any atom is -0.372 e. The van der Waals surface area contributed by atoms with Crippen LogP contribution in [-0.2, 0) is 11.3 Å². The van der Waals surface area contributed by atoms with E-state index in [-0.39, 0.29) is 0 Å². The second kappa shape index (κ2) is 4.11. The van der Waals surface area contributed by atoms with Gasteiger partial charge in [-0.05, 0) is 26.8 Å². The van der Waals surface area contributed by atoms with Crippen molar-refractivity contribution in [1.82, 2.24) is 10.5 Å². The molecule has 4 nitrogen and oxygen atoms in total. The number of aryl methyl sites for hydroxylation is 2. The van der Waals surface area contributed by atoms with E-state index in [9.17, 15) is 0 Å². The maximum Gasteiger partial charge on any atom is 0.139 e. The summed E-state index contributed by atoms with van der Waals surface area (Å²) in [5, 5.41) is 7.16. The van der Waals surface area contributed by atoms with E-state index < -0.39 is 0 Å². The van der Waals surface area contributed by atoms with Crippen molar-refractivity contribution in [3.8, 4) is 0 Å². The lowest BCUT2D eigenvalue weighted by Gasteiger charge is -2.09. The smallest absolute Gasteiger partial charge is 0.139 e. The summed E-state index contributed by atoms with van der Waals surface area (Å²) in [5.41, 5.74) is 2.03. The van der Waals surface area contributed by atoms with Gasteiger partial charge in [0.25, 0.3) is 0 Å². The van der Waals surface area contributed by atoms with Crippen molar-refractivity contribution in [3.05, 3.63) is 17.0 Å².